The van der Waals surface area contributed by atoms with E-state index in [1.165, 1.54) is 14.2 Å². The molecule has 17 heavy (non-hydrogen) atoms. The Labute approximate surface area is 112 Å². The zero-order valence-electron chi connectivity index (χ0n) is 9.32. The lowest BCUT2D eigenvalue weighted by atomic mass is 10.2. The summed E-state index contributed by atoms with van der Waals surface area (Å²) in [4.78, 5) is 11.0. The molecule has 0 aliphatic carbocycles. The third-order valence-corrected chi connectivity index (χ3v) is 2.72. The molecule has 0 bridgehead atoms. The van der Waals surface area contributed by atoms with Gasteiger partial charge in [0.2, 0.25) is 0 Å². The number of nitrogens with zero attached hydrogens (tertiary/aromatic N) is 1. The summed E-state index contributed by atoms with van der Waals surface area (Å²) >= 11 is 2.01. The van der Waals surface area contributed by atoms with Crippen LogP contribution >= 0.6 is 22.6 Å². The molecular formula is C11H10INO4. The average molecular weight is 347 g/mol. The molecule has 0 spiro atoms. The van der Waals surface area contributed by atoms with Gasteiger partial charge in [0.05, 0.1) is 29.4 Å². The number of ether oxygens (including phenoxy) is 3. The summed E-state index contributed by atoms with van der Waals surface area (Å²) in [7, 11) is 2.75. The summed E-state index contributed by atoms with van der Waals surface area (Å²) in [6.07, 6.45) is 0. The van der Waals surface area contributed by atoms with E-state index in [-0.39, 0.29) is 6.61 Å². The van der Waals surface area contributed by atoms with Crippen LogP contribution in [0, 0.1) is 14.9 Å². The molecule has 0 amide bonds. The Morgan fingerprint density at radius 3 is 2.71 bits per heavy atom. The van der Waals surface area contributed by atoms with Gasteiger partial charge in [-0.3, -0.25) is 0 Å². The fourth-order valence-corrected chi connectivity index (χ4v) is 1.87. The zero-order valence-corrected chi connectivity index (χ0v) is 11.5. The molecule has 0 atom stereocenters. The van der Waals surface area contributed by atoms with Gasteiger partial charge < -0.3 is 14.2 Å². The van der Waals surface area contributed by atoms with E-state index in [4.69, 9.17) is 14.7 Å². The number of hydrogen-bond donors (Lipinski definition) is 0. The van der Waals surface area contributed by atoms with Gasteiger partial charge in [0.25, 0.3) is 0 Å². The van der Waals surface area contributed by atoms with Gasteiger partial charge in [-0.2, -0.15) is 5.26 Å². The highest BCUT2D eigenvalue weighted by Gasteiger charge is 2.13. The van der Waals surface area contributed by atoms with E-state index in [0.717, 1.165) is 0 Å². The van der Waals surface area contributed by atoms with E-state index in [2.05, 4.69) is 4.74 Å². The topological polar surface area (TPSA) is 68.5 Å². The molecule has 0 aliphatic rings. The van der Waals surface area contributed by atoms with E-state index in [0.29, 0.717) is 20.6 Å². The number of halogens is 1. The van der Waals surface area contributed by atoms with Gasteiger partial charge in [0.15, 0.2) is 18.1 Å². The second kappa shape index (κ2) is 6.30. The summed E-state index contributed by atoms with van der Waals surface area (Å²) in [6, 6.07) is 5.21. The number of rotatable bonds is 4. The molecule has 6 heteroatoms. The van der Waals surface area contributed by atoms with E-state index >= 15 is 0 Å². The predicted molar refractivity (Wildman–Crippen MR) is 67.9 cm³/mol. The Balaban J connectivity index is 2.98. The van der Waals surface area contributed by atoms with Crippen LogP contribution in [0.15, 0.2) is 12.1 Å². The molecule has 1 aromatic rings. The number of methoxy groups -OCH3 is 2. The standard InChI is InChI=1S/C11H10INO4/c1-15-9-4-7(5-13)3-8(12)11(9)17-6-10(14)16-2/h3-4H,6H2,1-2H3. The van der Waals surface area contributed by atoms with Crippen molar-refractivity contribution in [3.05, 3.63) is 21.3 Å². The molecule has 0 heterocycles. The van der Waals surface area contributed by atoms with Crippen LogP contribution in [0.5, 0.6) is 11.5 Å². The second-order valence-corrected chi connectivity index (χ2v) is 4.13. The lowest BCUT2D eigenvalue weighted by Crippen LogP contribution is -2.13. The minimum absolute atomic E-state index is 0.200. The van der Waals surface area contributed by atoms with Crippen LogP contribution in [0.3, 0.4) is 0 Å². The molecule has 1 rings (SSSR count). The molecule has 0 aromatic heterocycles. The van der Waals surface area contributed by atoms with Gasteiger partial charge in [-0.05, 0) is 28.7 Å². The Kier molecular flexibility index (Phi) is 5.03. The summed E-state index contributed by atoms with van der Waals surface area (Å²) in [5.74, 6) is 0.363. The molecule has 0 unspecified atom stereocenters. The van der Waals surface area contributed by atoms with Crippen molar-refractivity contribution in [1.29, 1.82) is 5.26 Å². The van der Waals surface area contributed by atoms with Gasteiger partial charge in [0, 0.05) is 6.07 Å². The Morgan fingerprint density at radius 2 is 2.18 bits per heavy atom. The van der Waals surface area contributed by atoms with Crippen LogP contribution in [0.4, 0.5) is 0 Å². The normalized spacial score (nSPS) is 9.29. The maximum atomic E-state index is 11.0. The van der Waals surface area contributed by atoms with Crippen molar-refractivity contribution in [1.82, 2.24) is 0 Å². The lowest BCUT2D eigenvalue weighted by molar-refractivity contribution is -0.142. The van der Waals surface area contributed by atoms with Gasteiger partial charge in [0.1, 0.15) is 0 Å². The molecule has 0 radical (unpaired) electrons. The van der Waals surface area contributed by atoms with Crippen molar-refractivity contribution in [2.75, 3.05) is 20.8 Å². The number of hydrogen-bond acceptors (Lipinski definition) is 5. The van der Waals surface area contributed by atoms with Crippen molar-refractivity contribution in [2.24, 2.45) is 0 Å². The van der Waals surface area contributed by atoms with E-state index in [1.807, 2.05) is 28.7 Å². The number of nitriles is 1. The molecule has 0 saturated carbocycles. The third-order valence-electron chi connectivity index (χ3n) is 1.92. The monoisotopic (exact) mass is 347 g/mol. The lowest BCUT2D eigenvalue weighted by Gasteiger charge is -2.11. The van der Waals surface area contributed by atoms with Gasteiger partial charge >= 0.3 is 5.97 Å². The van der Waals surface area contributed by atoms with Crippen LogP contribution in [0.2, 0.25) is 0 Å². The van der Waals surface area contributed by atoms with Crippen molar-refractivity contribution < 1.29 is 19.0 Å². The van der Waals surface area contributed by atoms with Crippen molar-refractivity contribution in [2.45, 2.75) is 0 Å². The molecule has 90 valence electrons. The Morgan fingerprint density at radius 1 is 1.47 bits per heavy atom. The number of carbonyl (C=O) groups excluding carboxylic acids is 1. The third kappa shape index (κ3) is 3.49. The fraction of sp³-hybridized carbons (Fsp3) is 0.273. The quantitative estimate of drug-likeness (QED) is 0.613. The first-order valence-electron chi connectivity index (χ1n) is 4.59. The Hall–Kier alpha value is -1.49. The highest BCUT2D eigenvalue weighted by Crippen LogP contribution is 2.33. The Bertz CT molecular complexity index is 467. The molecule has 0 fully saturated rings. The van der Waals surface area contributed by atoms with Crippen LogP contribution in [0.1, 0.15) is 5.56 Å². The van der Waals surface area contributed by atoms with Crippen molar-refractivity contribution >= 4 is 28.6 Å². The molecule has 0 saturated heterocycles. The van der Waals surface area contributed by atoms with Crippen LogP contribution in [-0.4, -0.2) is 26.8 Å². The van der Waals surface area contributed by atoms with Gasteiger partial charge in [-0.1, -0.05) is 0 Å². The van der Waals surface area contributed by atoms with Gasteiger partial charge in [-0.15, -0.1) is 0 Å². The van der Waals surface area contributed by atoms with E-state index < -0.39 is 5.97 Å². The summed E-state index contributed by atoms with van der Waals surface area (Å²) in [5.41, 5.74) is 0.469. The average Bonchev–Trinajstić information content (AvgIpc) is 2.35. The van der Waals surface area contributed by atoms with Gasteiger partial charge in [-0.25, -0.2) is 4.79 Å². The van der Waals surface area contributed by atoms with Crippen molar-refractivity contribution in [3.63, 3.8) is 0 Å². The summed E-state index contributed by atoms with van der Waals surface area (Å²) in [6.45, 7) is -0.200. The number of carbonyl (C=O) groups is 1. The highest BCUT2D eigenvalue weighted by atomic mass is 127. The van der Waals surface area contributed by atoms with Crippen LogP contribution in [-0.2, 0) is 9.53 Å². The minimum Gasteiger partial charge on any atom is -0.493 e. The largest absolute Gasteiger partial charge is 0.493 e. The first kappa shape index (κ1) is 13.6. The maximum Gasteiger partial charge on any atom is 0.343 e. The summed E-state index contributed by atoms with van der Waals surface area (Å²) < 4.78 is 15.6. The first-order chi connectivity index (χ1) is 8.12. The molecule has 0 aliphatic heterocycles. The highest BCUT2D eigenvalue weighted by molar-refractivity contribution is 14.1. The van der Waals surface area contributed by atoms with Crippen LogP contribution in [0.25, 0.3) is 0 Å². The number of benzene rings is 1. The first-order valence-corrected chi connectivity index (χ1v) is 5.67. The zero-order chi connectivity index (χ0) is 12.8. The predicted octanol–water partition coefficient (Wildman–Crippen LogP) is 1.72. The molecular weight excluding hydrogens is 337 g/mol. The smallest absolute Gasteiger partial charge is 0.343 e. The molecule has 0 N–H and O–H groups in total. The fourth-order valence-electron chi connectivity index (χ4n) is 1.11. The molecule has 5 nitrogen and oxygen atoms in total. The SMILES string of the molecule is COC(=O)COc1c(I)cc(C#N)cc1OC. The van der Waals surface area contributed by atoms with E-state index in [1.54, 1.807) is 12.1 Å². The van der Waals surface area contributed by atoms with Crippen LogP contribution < -0.4 is 9.47 Å². The number of esters is 1. The second-order valence-electron chi connectivity index (χ2n) is 2.97. The minimum atomic E-state index is -0.479. The summed E-state index contributed by atoms with van der Waals surface area (Å²) in [5, 5.41) is 8.81. The van der Waals surface area contributed by atoms with E-state index in [9.17, 15) is 4.79 Å². The maximum absolute atomic E-state index is 11.0. The van der Waals surface area contributed by atoms with Crippen molar-refractivity contribution in [3.8, 4) is 17.6 Å². The molecule has 1 aromatic carbocycles.